The van der Waals surface area contributed by atoms with Gasteiger partial charge in [0.15, 0.2) is 5.79 Å². The van der Waals surface area contributed by atoms with Crippen LogP contribution in [-0.4, -0.2) is 32.1 Å². The lowest BCUT2D eigenvalue weighted by atomic mass is 9.99. The van der Waals surface area contributed by atoms with Crippen molar-refractivity contribution in [2.24, 2.45) is 0 Å². The number of unbranched alkanes of at least 4 members (excludes halogenated alkanes) is 10. The van der Waals surface area contributed by atoms with E-state index in [1.165, 1.54) is 71.3 Å². The smallest absolute Gasteiger partial charge is 0.384 e. The van der Waals surface area contributed by atoms with Gasteiger partial charge in [-0.1, -0.05) is 64.2 Å². The second-order valence-corrected chi connectivity index (χ2v) is 7.19. The Bertz CT molecular complexity index is 416. The number of esters is 1. The number of ether oxygens (including phenoxy) is 3. The van der Waals surface area contributed by atoms with Crippen LogP contribution in [0.4, 0.5) is 0 Å². The van der Waals surface area contributed by atoms with Gasteiger partial charge in [-0.15, -0.1) is 0 Å². The zero-order valence-corrected chi connectivity index (χ0v) is 16.9. The average Bonchev–Trinajstić information content (AvgIpc) is 3.11. The van der Waals surface area contributed by atoms with E-state index >= 15 is 0 Å². The number of hydrogen-bond acceptors (Lipinski definition) is 4. The van der Waals surface area contributed by atoms with Crippen molar-refractivity contribution in [2.75, 3.05) is 20.3 Å². The highest BCUT2D eigenvalue weighted by Crippen LogP contribution is 2.31. The van der Waals surface area contributed by atoms with E-state index in [0.29, 0.717) is 0 Å². The fraction of sp³-hybridized carbons (Fsp3) is 0.864. The Kier molecular flexibility index (Phi) is 13.3. The Morgan fingerprint density at radius 1 is 0.885 bits per heavy atom. The van der Waals surface area contributed by atoms with Crippen molar-refractivity contribution in [3.63, 3.8) is 0 Å². The Hall–Kier alpha value is -1.05. The lowest BCUT2D eigenvalue weighted by Gasteiger charge is -2.27. The third kappa shape index (κ3) is 10.8. The van der Waals surface area contributed by atoms with Gasteiger partial charge in [0.05, 0.1) is 20.3 Å². The summed E-state index contributed by atoms with van der Waals surface area (Å²) in [4.78, 5) is 10.8. The van der Waals surface area contributed by atoms with Crippen LogP contribution < -0.4 is 0 Å². The summed E-state index contributed by atoms with van der Waals surface area (Å²) in [7, 11) is 1.36. The van der Waals surface area contributed by atoms with Gasteiger partial charge in [-0.2, -0.15) is 0 Å². The molecule has 1 aliphatic rings. The lowest BCUT2D eigenvalue weighted by Crippen LogP contribution is -2.30. The first-order chi connectivity index (χ1) is 12.7. The summed E-state index contributed by atoms with van der Waals surface area (Å²) in [6, 6.07) is 0. The first-order valence-corrected chi connectivity index (χ1v) is 10.6. The van der Waals surface area contributed by atoms with Crippen molar-refractivity contribution >= 4 is 5.97 Å². The maximum absolute atomic E-state index is 10.8. The number of rotatable bonds is 14. The van der Waals surface area contributed by atoms with Crippen molar-refractivity contribution in [1.29, 1.82) is 0 Å². The molecule has 0 unspecified atom stereocenters. The van der Waals surface area contributed by atoms with Crippen LogP contribution in [0, 0.1) is 11.8 Å². The minimum atomic E-state index is -0.444. The normalized spacial score (nSPS) is 15.5. The molecule has 1 fully saturated rings. The van der Waals surface area contributed by atoms with Crippen LogP contribution in [0.3, 0.4) is 0 Å². The van der Waals surface area contributed by atoms with Crippen molar-refractivity contribution in [3.8, 4) is 11.8 Å². The molecule has 0 aromatic carbocycles. The molecule has 0 radical (unpaired) electrons. The van der Waals surface area contributed by atoms with Gasteiger partial charge in [-0.3, -0.25) is 0 Å². The fourth-order valence-electron chi connectivity index (χ4n) is 3.41. The Labute approximate surface area is 160 Å². The van der Waals surface area contributed by atoms with Gasteiger partial charge in [-0.25, -0.2) is 4.79 Å². The van der Waals surface area contributed by atoms with Crippen LogP contribution >= 0.6 is 0 Å². The van der Waals surface area contributed by atoms with Gasteiger partial charge in [-0.05, 0) is 19.3 Å². The molecule has 26 heavy (non-hydrogen) atoms. The van der Waals surface area contributed by atoms with Gasteiger partial charge >= 0.3 is 5.97 Å². The molecule has 1 rings (SSSR count). The predicted octanol–water partition coefficient (Wildman–Crippen LogP) is 5.39. The third-order valence-electron chi connectivity index (χ3n) is 4.96. The topological polar surface area (TPSA) is 44.8 Å². The van der Waals surface area contributed by atoms with Crippen LogP contribution in [0.25, 0.3) is 0 Å². The SMILES string of the molecule is CCCCCCCC1(CCCCCCCCC#CC(=O)OC)OCCO1. The van der Waals surface area contributed by atoms with Crippen LogP contribution in [0.5, 0.6) is 0 Å². The van der Waals surface area contributed by atoms with Gasteiger partial charge in [0, 0.05) is 25.2 Å². The molecular weight excluding hydrogens is 328 g/mol. The molecule has 0 aromatic rings. The minimum Gasteiger partial charge on any atom is -0.459 e. The Morgan fingerprint density at radius 2 is 1.42 bits per heavy atom. The van der Waals surface area contributed by atoms with Gasteiger partial charge in [0.25, 0.3) is 0 Å². The summed E-state index contributed by atoms with van der Waals surface area (Å²) in [5.41, 5.74) is 0. The summed E-state index contributed by atoms with van der Waals surface area (Å²) < 4.78 is 16.4. The molecular formula is C22H38O4. The second-order valence-electron chi connectivity index (χ2n) is 7.19. The fourth-order valence-corrected chi connectivity index (χ4v) is 3.41. The number of hydrogen-bond donors (Lipinski definition) is 0. The molecule has 0 bridgehead atoms. The molecule has 150 valence electrons. The van der Waals surface area contributed by atoms with Gasteiger partial charge in [0.1, 0.15) is 0 Å². The molecule has 0 saturated carbocycles. The van der Waals surface area contributed by atoms with E-state index in [1.807, 2.05) is 0 Å². The van der Waals surface area contributed by atoms with E-state index in [-0.39, 0.29) is 5.79 Å². The monoisotopic (exact) mass is 366 g/mol. The molecule has 4 nitrogen and oxygen atoms in total. The van der Waals surface area contributed by atoms with Crippen molar-refractivity contribution in [2.45, 2.75) is 103 Å². The van der Waals surface area contributed by atoms with Crippen molar-refractivity contribution in [3.05, 3.63) is 0 Å². The van der Waals surface area contributed by atoms with Gasteiger partial charge < -0.3 is 14.2 Å². The van der Waals surface area contributed by atoms with E-state index < -0.39 is 5.97 Å². The van der Waals surface area contributed by atoms with Crippen LogP contribution in [-0.2, 0) is 19.0 Å². The highest BCUT2D eigenvalue weighted by molar-refractivity contribution is 5.88. The molecule has 0 atom stereocenters. The minimum absolute atomic E-state index is 0.282. The molecule has 4 heteroatoms. The quantitative estimate of drug-likeness (QED) is 0.179. The highest BCUT2D eigenvalue weighted by Gasteiger charge is 2.34. The highest BCUT2D eigenvalue weighted by atomic mass is 16.7. The van der Waals surface area contributed by atoms with Crippen molar-refractivity contribution < 1.29 is 19.0 Å². The molecule has 0 amide bonds. The number of carbonyl (C=O) groups is 1. The molecule has 0 aliphatic carbocycles. The van der Waals surface area contributed by atoms with Gasteiger partial charge in [0.2, 0.25) is 0 Å². The molecule has 1 heterocycles. The summed E-state index contributed by atoms with van der Waals surface area (Å²) in [5, 5.41) is 0. The Morgan fingerprint density at radius 3 is 2.00 bits per heavy atom. The molecule has 0 spiro atoms. The molecule has 1 saturated heterocycles. The van der Waals surface area contributed by atoms with Crippen LogP contribution in [0.1, 0.15) is 96.8 Å². The van der Waals surface area contributed by atoms with E-state index in [2.05, 4.69) is 23.5 Å². The first-order valence-electron chi connectivity index (χ1n) is 10.6. The summed E-state index contributed by atoms with van der Waals surface area (Å²) in [5.74, 6) is 4.60. The summed E-state index contributed by atoms with van der Waals surface area (Å²) in [6.45, 7) is 3.75. The third-order valence-corrected chi connectivity index (χ3v) is 4.96. The van der Waals surface area contributed by atoms with Crippen molar-refractivity contribution in [1.82, 2.24) is 0 Å². The maximum atomic E-state index is 10.8. The summed E-state index contributed by atoms with van der Waals surface area (Å²) in [6.07, 6.45) is 16.4. The molecule has 0 N–H and O–H groups in total. The average molecular weight is 367 g/mol. The predicted molar refractivity (Wildman–Crippen MR) is 105 cm³/mol. The largest absolute Gasteiger partial charge is 0.459 e. The maximum Gasteiger partial charge on any atom is 0.384 e. The second kappa shape index (κ2) is 15.1. The van der Waals surface area contributed by atoms with E-state index in [9.17, 15) is 4.79 Å². The molecule has 0 aromatic heterocycles. The van der Waals surface area contributed by atoms with Crippen LogP contribution in [0.15, 0.2) is 0 Å². The van der Waals surface area contributed by atoms with E-state index in [4.69, 9.17) is 9.47 Å². The Balaban J connectivity index is 2.03. The molecule has 1 aliphatic heterocycles. The van der Waals surface area contributed by atoms with E-state index in [0.717, 1.165) is 38.9 Å². The van der Waals surface area contributed by atoms with Crippen LogP contribution in [0.2, 0.25) is 0 Å². The number of carbonyl (C=O) groups excluding carboxylic acids is 1. The zero-order valence-electron chi connectivity index (χ0n) is 16.9. The zero-order chi connectivity index (χ0) is 18.9. The first kappa shape index (κ1) is 23.0. The standard InChI is InChI=1S/C22H38O4/c1-3-4-5-11-14-17-22(25-19-20-26-22)18-15-12-9-7-6-8-10-13-16-21(23)24-2/h3-12,14-15,17-20H2,1-2H3. The number of methoxy groups -OCH3 is 1. The summed E-state index contributed by atoms with van der Waals surface area (Å²) >= 11 is 0. The van der Waals surface area contributed by atoms with E-state index in [1.54, 1.807) is 0 Å². The lowest BCUT2D eigenvalue weighted by molar-refractivity contribution is -0.168.